The molecule has 1 unspecified atom stereocenters. The van der Waals surface area contributed by atoms with E-state index < -0.39 is 39.0 Å². The summed E-state index contributed by atoms with van der Waals surface area (Å²) in [6, 6.07) is 8.51. The third-order valence-electron chi connectivity index (χ3n) is 7.71. The van der Waals surface area contributed by atoms with E-state index in [1.165, 1.54) is 18.2 Å². The summed E-state index contributed by atoms with van der Waals surface area (Å²) in [5.41, 5.74) is 5.29. The van der Waals surface area contributed by atoms with Crippen LogP contribution in [0, 0.1) is 17.6 Å². The normalized spacial score (nSPS) is 15.0. The highest BCUT2D eigenvalue weighted by Gasteiger charge is 2.28. The average Bonchev–Trinajstić information content (AvgIpc) is 2.98. The summed E-state index contributed by atoms with van der Waals surface area (Å²) < 4.78 is 57.3. The first kappa shape index (κ1) is 34.1. The third kappa shape index (κ3) is 9.35. The minimum absolute atomic E-state index is 0.100. The average molecular weight is 664 g/mol. The van der Waals surface area contributed by atoms with Gasteiger partial charge < -0.3 is 21.1 Å². The minimum Gasteiger partial charge on any atom is -0.437 e. The van der Waals surface area contributed by atoms with E-state index in [0.29, 0.717) is 24.2 Å². The second-order valence-corrected chi connectivity index (χ2v) is 13.5. The van der Waals surface area contributed by atoms with E-state index in [0.717, 1.165) is 63.1 Å². The van der Waals surface area contributed by atoms with Crippen LogP contribution in [0.1, 0.15) is 54.9 Å². The van der Waals surface area contributed by atoms with Gasteiger partial charge in [-0.2, -0.15) is 0 Å². The number of sulfone groups is 1. The van der Waals surface area contributed by atoms with Crippen molar-refractivity contribution in [2.45, 2.75) is 56.5 Å². The number of nitrogens with zero attached hydrogens (tertiary/aromatic N) is 2. The number of piperidine rings is 1. The lowest BCUT2D eigenvalue weighted by molar-refractivity contribution is 0.0996. The van der Waals surface area contributed by atoms with E-state index >= 15 is 0 Å². The van der Waals surface area contributed by atoms with Crippen molar-refractivity contribution < 1.29 is 31.5 Å². The highest BCUT2D eigenvalue weighted by molar-refractivity contribution is 7.90. The first-order valence-electron chi connectivity index (χ1n) is 14.5. The highest BCUT2D eigenvalue weighted by Crippen LogP contribution is 2.31. The number of hydrogen-bond acceptors (Lipinski definition) is 7. The predicted octanol–water partition coefficient (Wildman–Crippen LogP) is 5.90. The Morgan fingerprint density at radius 1 is 1.13 bits per heavy atom. The van der Waals surface area contributed by atoms with E-state index in [1.807, 2.05) is 6.07 Å². The number of aromatic nitrogens is 1. The van der Waals surface area contributed by atoms with Crippen molar-refractivity contribution >= 4 is 39.1 Å². The standard InChI is InChI=1S/C31H36ClF2N5O5S/c1-3-4-5-26(37-31(41)38-27-15-22(30(35)40)24(33)16-25(27)34)20-10-12-39(13-11-20)18-19-6-9-29(36-17-19)44-28-8-7-21(14-23(28)32)45(2,42)43/h6-9,14-17,20,26H,3-5,10-13,18H2,1-2H3,(H2,35,40)(H2,37,38,41). The van der Waals surface area contributed by atoms with Crippen LogP contribution in [0.4, 0.5) is 19.3 Å². The zero-order valence-electron chi connectivity index (χ0n) is 25.0. The Balaban J connectivity index is 1.31. The van der Waals surface area contributed by atoms with Crippen LogP contribution in [-0.4, -0.2) is 55.6 Å². The summed E-state index contributed by atoms with van der Waals surface area (Å²) in [6.45, 7) is 4.33. The fourth-order valence-electron chi connectivity index (χ4n) is 5.25. The smallest absolute Gasteiger partial charge is 0.319 e. The molecule has 2 heterocycles. The van der Waals surface area contributed by atoms with E-state index in [2.05, 4.69) is 27.4 Å². The van der Waals surface area contributed by atoms with Gasteiger partial charge in [-0.25, -0.2) is 27.0 Å². The minimum atomic E-state index is -3.39. The number of hydrogen-bond donors (Lipinski definition) is 3. The van der Waals surface area contributed by atoms with E-state index in [9.17, 15) is 26.8 Å². The summed E-state index contributed by atoms with van der Waals surface area (Å²) in [4.78, 5) is 31.0. The maximum Gasteiger partial charge on any atom is 0.319 e. The number of halogens is 3. The van der Waals surface area contributed by atoms with Gasteiger partial charge in [0.2, 0.25) is 5.88 Å². The van der Waals surface area contributed by atoms with Gasteiger partial charge in [0.1, 0.15) is 17.4 Å². The Labute approximate surface area is 266 Å². The lowest BCUT2D eigenvalue weighted by Gasteiger charge is -2.36. The summed E-state index contributed by atoms with van der Waals surface area (Å²) in [7, 11) is -3.39. The molecule has 0 aliphatic carbocycles. The number of urea groups is 1. The molecule has 0 radical (unpaired) electrons. The van der Waals surface area contributed by atoms with Crippen LogP contribution < -0.4 is 21.1 Å². The van der Waals surface area contributed by atoms with Gasteiger partial charge in [-0.1, -0.05) is 37.4 Å². The van der Waals surface area contributed by atoms with Crippen LogP contribution in [-0.2, 0) is 16.4 Å². The molecular weight excluding hydrogens is 628 g/mol. The molecule has 1 saturated heterocycles. The summed E-state index contributed by atoms with van der Waals surface area (Å²) in [5.74, 6) is -2.35. The monoisotopic (exact) mass is 663 g/mol. The number of primary amides is 1. The van der Waals surface area contributed by atoms with Crippen molar-refractivity contribution in [2.24, 2.45) is 11.7 Å². The van der Waals surface area contributed by atoms with E-state index in [-0.39, 0.29) is 27.6 Å². The third-order valence-corrected chi connectivity index (χ3v) is 9.11. The summed E-state index contributed by atoms with van der Waals surface area (Å²) in [6.07, 6.45) is 7.08. The largest absolute Gasteiger partial charge is 0.437 e. The molecule has 3 aromatic rings. The van der Waals surface area contributed by atoms with E-state index in [4.69, 9.17) is 22.1 Å². The number of likely N-dealkylation sites (tertiary alicyclic amines) is 1. The molecule has 14 heteroatoms. The molecule has 2 aromatic carbocycles. The topological polar surface area (TPSA) is 144 Å². The number of amides is 3. The Hall–Kier alpha value is -3.81. The van der Waals surface area contributed by atoms with Gasteiger partial charge in [0.25, 0.3) is 5.91 Å². The fraction of sp³-hybridized carbons (Fsp3) is 0.387. The SMILES string of the molecule is CCCCC(NC(=O)Nc1cc(C(N)=O)c(F)cc1F)C1CCN(Cc2ccc(Oc3ccc(S(C)(=O)=O)cc3Cl)nc2)CC1. The Kier molecular flexibility index (Phi) is 11.3. The molecular formula is C31H36ClF2N5O5S. The van der Waals surface area contributed by atoms with Crippen LogP contribution in [0.2, 0.25) is 5.02 Å². The van der Waals surface area contributed by atoms with Gasteiger partial charge in [-0.3, -0.25) is 9.69 Å². The molecule has 4 N–H and O–H groups in total. The van der Waals surface area contributed by atoms with Gasteiger partial charge in [0, 0.05) is 37.2 Å². The molecule has 242 valence electrons. The first-order chi connectivity index (χ1) is 21.3. The fourth-order valence-corrected chi connectivity index (χ4v) is 6.19. The second kappa shape index (κ2) is 15.0. The molecule has 1 aliphatic heterocycles. The van der Waals surface area contributed by atoms with Crippen molar-refractivity contribution in [3.8, 4) is 11.6 Å². The van der Waals surface area contributed by atoms with Gasteiger partial charge in [-0.05, 0) is 68.1 Å². The summed E-state index contributed by atoms with van der Waals surface area (Å²) >= 11 is 6.21. The van der Waals surface area contributed by atoms with E-state index in [1.54, 1.807) is 12.3 Å². The number of pyridine rings is 1. The van der Waals surface area contributed by atoms with Gasteiger partial charge in [-0.15, -0.1) is 0 Å². The number of rotatable bonds is 12. The van der Waals surface area contributed by atoms with Gasteiger partial charge >= 0.3 is 6.03 Å². The summed E-state index contributed by atoms with van der Waals surface area (Å²) in [5, 5.41) is 5.51. The van der Waals surface area contributed by atoms with Crippen LogP contribution in [0.15, 0.2) is 53.6 Å². The molecule has 10 nitrogen and oxygen atoms in total. The predicted molar refractivity (Wildman–Crippen MR) is 167 cm³/mol. The zero-order chi connectivity index (χ0) is 32.7. The van der Waals surface area contributed by atoms with Crippen molar-refractivity contribution in [3.05, 3.63) is 76.4 Å². The van der Waals surface area contributed by atoms with Crippen molar-refractivity contribution in [1.82, 2.24) is 15.2 Å². The molecule has 0 spiro atoms. The van der Waals surface area contributed by atoms with Crippen molar-refractivity contribution in [2.75, 3.05) is 24.7 Å². The number of benzene rings is 2. The maximum absolute atomic E-state index is 14.3. The molecule has 1 aromatic heterocycles. The second-order valence-electron chi connectivity index (χ2n) is 11.1. The molecule has 1 fully saturated rings. The lowest BCUT2D eigenvalue weighted by atomic mass is 9.86. The number of ether oxygens (including phenoxy) is 1. The van der Waals surface area contributed by atoms with Gasteiger partial charge in [0.05, 0.1) is 21.2 Å². The number of unbranched alkanes of at least 4 members (excludes halogenated alkanes) is 1. The van der Waals surface area contributed by atoms with Crippen LogP contribution in [0.25, 0.3) is 0 Å². The molecule has 0 saturated carbocycles. The highest BCUT2D eigenvalue weighted by atomic mass is 35.5. The molecule has 45 heavy (non-hydrogen) atoms. The number of carbonyl (C=O) groups excluding carboxylic acids is 2. The quantitative estimate of drug-likeness (QED) is 0.219. The Morgan fingerprint density at radius 3 is 2.47 bits per heavy atom. The first-order valence-corrected chi connectivity index (χ1v) is 16.8. The molecule has 3 amide bonds. The van der Waals surface area contributed by atoms with Gasteiger partial charge in [0.15, 0.2) is 9.84 Å². The molecule has 4 rings (SSSR count). The van der Waals surface area contributed by atoms with Crippen molar-refractivity contribution in [3.63, 3.8) is 0 Å². The zero-order valence-corrected chi connectivity index (χ0v) is 26.6. The van der Waals surface area contributed by atoms with Crippen molar-refractivity contribution in [1.29, 1.82) is 0 Å². The van der Waals surface area contributed by atoms with Crippen LogP contribution >= 0.6 is 11.6 Å². The van der Waals surface area contributed by atoms with Crippen LogP contribution in [0.3, 0.4) is 0 Å². The Morgan fingerprint density at radius 2 is 1.87 bits per heavy atom. The Bertz CT molecular complexity index is 1630. The molecule has 1 atom stereocenters. The lowest BCUT2D eigenvalue weighted by Crippen LogP contribution is -2.46. The number of carbonyl (C=O) groups is 2. The maximum atomic E-state index is 14.3. The number of nitrogens with one attached hydrogen (secondary N) is 2. The van der Waals surface area contributed by atoms with Crippen LogP contribution in [0.5, 0.6) is 11.6 Å². The molecule has 0 bridgehead atoms. The molecule has 1 aliphatic rings. The number of nitrogens with two attached hydrogens (primary N) is 1. The number of anilines is 1.